The van der Waals surface area contributed by atoms with Gasteiger partial charge in [-0.3, -0.25) is 4.21 Å². The van der Waals surface area contributed by atoms with E-state index in [1.807, 2.05) is 6.92 Å². The van der Waals surface area contributed by atoms with E-state index in [0.29, 0.717) is 6.04 Å². The number of hydrogen-bond acceptors (Lipinski definition) is 2. The van der Waals surface area contributed by atoms with E-state index in [1.165, 1.54) is 38.5 Å². The van der Waals surface area contributed by atoms with Crippen LogP contribution in [-0.2, 0) is 10.8 Å². The lowest BCUT2D eigenvalue weighted by Gasteiger charge is -2.20. The quantitative estimate of drug-likeness (QED) is 0.712. The number of hydrogen-bond donors (Lipinski definition) is 1. The lowest BCUT2D eigenvalue weighted by atomic mass is 9.97. The first-order chi connectivity index (χ1) is 7.77. The number of nitrogens with one attached hydrogen (secondary N) is 1. The average molecular weight is 245 g/mol. The fourth-order valence-electron chi connectivity index (χ4n) is 2.62. The molecule has 1 aliphatic carbocycles. The van der Waals surface area contributed by atoms with Gasteiger partial charge in [0.15, 0.2) is 0 Å². The van der Waals surface area contributed by atoms with Crippen molar-refractivity contribution in [2.75, 3.05) is 18.1 Å². The Hall–Kier alpha value is 0.110. The summed E-state index contributed by atoms with van der Waals surface area (Å²) in [5.74, 6) is 2.51. The molecule has 0 spiro atoms. The Kier molecular flexibility index (Phi) is 7.30. The Morgan fingerprint density at radius 1 is 1.31 bits per heavy atom. The topological polar surface area (TPSA) is 29.1 Å². The minimum atomic E-state index is -0.606. The summed E-state index contributed by atoms with van der Waals surface area (Å²) in [6.07, 6.45) is 8.16. The van der Waals surface area contributed by atoms with Crippen molar-refractivity contribution in [1.29, 1.82) is 0 Å². The van der Waals surface area contributed by atoms with Gasteiger partial charge in [0.2, 0.25) is 0 Å². The standard InChI is InChI=1S/C13H27NOS/c1-3-5-7-12-8-6-9-13(12)14-10-11-16(15)4-2/h12-14H,3-11H2,1-2H3. The van der Waals surface area contributed by atoms with Gasteiger partial charge in [-0.25, -0.2) is 0 Å². The summed E-state index contributed by atoms with van der Waals surface area (Å²) >= 11 is 0. The molecule has 0 radical (unpaired) electrons. The molecule has 3 heteroatoms. The maximum absolute atomic E-state index is 11.3. The summed E-state index contributed by atoms with van der Waals surface area (Å²) in [7, 11) is -0.606. The molecule has 0 amide bonds. The summed E-state index contributed by atoms with van der Waals surface area (Å²) in [6.45, 7) is 5.20. The largest absolute Gasteiger partial charge is 0.313 e. The molecule has 1 saturated carbocycles. The van der Waals surface area contributed by atoms with E-state index < -0.39 is 10.8 Å². The van der Waals surface area contributed by atoms with Gasteiger partial charge in [0.05, 0.1) is 0 Å². The first kappa shape index (κ1) is 14.2. The molecular formula is C13H27NOS. The molecule has 3 unspecified atom stereocenters. The Morgan fingerprint density at radius 2 is 2.12 bits per heavy atom. The van der Waals surface area contributed by atoms with Crippen molar-refractivity contribution in [1.82, 2.24) is 5.32 Å². The molecule has 3 atom stereocenters. The molecule has 1 rings (SSSR count). The van der Waals surface area contributed by atoms with Gasteiger partial charge in [0.1, 0.15) is 0 Å². The second kappa shape index (κ2) is 8.24. The highest BCUT2D eigenvalue weighted by molar-refractivity contribution is 7.84. The molecule has 2 nitrogen and oxygen atoms in total. The highest BCUT2D eigenvalue weighted by atomic mass is 32.2. The van der Waals surface area contributed by atoms with Gasteiger partial charge in [0, 0.05) is 34.9 Å². The second-order valence-corrected chi connectivity index (χ2v) is 6.69. The third-order valence-electron chi connectivity index (χ3n) is 3.65. The molecule has 1 fully saturated rings. The van der Waals surface area contributed by atoms with E-state index in [2.05, 4.69) is 12.2 Å². The van der Waals surface area contributed by atoms with Crippen LogP contribution in [0.1, 0.15) is 52.4 Å². The van der Waals surface area contributed by atoms with Crippen LogP contribution < -0.4 is 5.32 Å². The zero-order valence-corrected chi connectivity index (χ0v) is 11.7. The van der Waals surface area contributed by atoms with Crippen LogP contribution in [0.2, 0.25) is 0 Å². The van der Waals surface area contributed by atoms with Crippen molar-refractivity contribution in [3.63, 3.8) is 0 Å². The van der Waals surface area contributed by atoms with Crippen LogP contribution in [0.3, 0.4) is 0 Å². The summed E-state index contributed by atoms with van der Waals surface area (Å²) in [5.41, 5.74) is 0. The molecule has 0 bridgehead atoms. The van der Waals surface area contributed by atoms with Crippen molar-refractivity contribution in [3.8, 4) is 0 Å². The molecule has 0 aromatic carbocycles. The number of rotatable bonds is 8. The highest BCUT2D eigenvalue weighted by Gasteiger charge is 2.25. The maximum Gasteiger partial charge on any atom is 0.0360 e. The summed E-state index contributed by atoms with van der Waals surface area (Å²) in [4.78, 5) is 0. The zero-order valence-electron chi connectivity index (χ0n) is 10.8. The van der Waals surface area contributed by atoms with Gasteiger partial charge in [-0.2, -0.15) is 0 Å². The van der Waals surface area contributed by atoms with E-state index in [-0.39, 0.29) is 0 Å². The molecule has 0 aromatic rings. The number of unbranched alkanes of at least 4 members (excludes halogenated alkanes) is 1. The molecule has 1 N–H and O–H groups in total. The Labute approximate surface area is 103 Å². The van der Waals surface area contributed by atoms with E-state index in [4.69, 9.17) is 0 Å². The van der Waals surface area contributed by atoms with Gasteiger partial charge < -0.3 is 5.32 Å². The van der Waals surface area contributed by atoms with E-state index in [1.54, 1.807) is 0 Å². The van der Waals surface area contributed by atoms with E-state index >= 15 is 0 Å². The first-order valence-corrected chi connectivity index (χ1v) is 8.35. The highest BCUT2D eigenvalue weighted by Crippen LogP contribution is 2.29. The minimum Gasteiger partial charge on any atom is -0.313 e. The fraction of sp³-hybridized carbons (Fsp3) is 1.00. The van der Waals surface area contributed by atoms with Crippen LogP contribution in [-0.4, -0.2) is 28.3 Å². The van der Waals surface area contributed by atoms with E-state index in [9.17, 15) is 4.21 Å². The summed E-state index contributed by atoms with van der Waals surface area (Å²) < 4.78 is 11.3. The maximum atomic E-state index is 11.3. The Bertz CT molecular complexity index is 208. The fourth-order valence-corrected chi connectivity index (χ4v) is 3.25. The van der Waals surface area contributed by atoms with Gasteiger partial charge in [-0.1, -0.05) is 33.1 Å². The third-order valence-corrected chi connectivity index (χ3v) is 4.95. The van der Waals surface area contributed by atoms with Gasteiger partial charge in [-0.15, -0.1) is 0 Å². The molecule has 16 heavy (non-hydrogen) atoms. The molecule has 0 aromatic heterocycles. The van der Waals surface area contributed by atoms with Gasteiger partial charge >= 0.3 is 0 Å². The predicted molar refractivity (Wildman–Crippen MR) is 72.2 cm³/mol. The van der Waals surface area contributed by atoms with Crippen LogP contribution in [0.4, 0.5) is 0 Å². The zero-order chi connectivity index (χ0) is 11.8. The van der Waals surface area contributed by atoms with E-state index in [0.717, 1.165) is 24.0 Å². The normalized spacial score (nSPS) is 27.1. The molecular weight excluding hydrogens is 218 g/mol. The van der Waals surface area contributed by atoms with Crippen LogP contribution in [0.15, 0.2) is 0 Å². The van der Waals surface area contributed by atoms with Crippen LogP contribution in [0.25, 0.3) is 0 Å². The van der Waals surface area contributed by atoms with Gasteiger partial charge in [0.25, 0.3) is 0 Å². The lowest BCUT2D eigenvalue weighted by Crippen LogP contribution is -2.35. The molecule has 96 valence electrons. The second-order valence-electron chi connectivity index (χ2n) is 4.83. The molecule has 0 saturated heterocycles. The summed E-state index contributed by atoms with van der Waals surface area (Å²) in [5, 5.41) is 3.61. The third kappa shape index (κ3) is 4.96. The monoisotopic (exact) mass is 245 g/mol. The first-order valence-electron chi connectivity index (χ1n) is 6.86. The molecule has 0 aliphatic heterocycles. The van der Waals surface area contributed by atoms with Crippen LogP contribution >= 0.6 is 0 Å². The Balaban J connectivity index is 2.16. The van der Waals surface area contributed by atoms with Crippen LogP contribution in [0.5, 0.6) is 0 Å². The lowest BCUT2D eigenvalue weighted by molar-refractivity contribution is 0.376. The SMILES string of the molecule is CCCCC1CCCC1NCCS(=O)CC. The van der Waals surface area contributed by atoms with Crippen LogP contribution in [0, 0.1) is 5.92 Å². The van der Waals surface area contributed by atoms with Crippen molar-refractivity contribution in [2.45, 2.75) is 58.4 Å². The molecule has 0 heterocycles. The Morgan fingerprint density at radius 3 is 2.81 bits per heavy atom. The predicted octanol–water partition coefficient (Wildman–Crippen LogP) is 2.70. The van der Waals surface area contributed by atoms with Crippen molar-refractivity contribution in [2.24, 2.45) is 5.92 Å². The minimum absolute atomic E-state index is 0.606. The van der Waals surface area contributed by atoms with Gasteiger partial charge in [-0.05, 0) is 25.2 Å². The van der Waals surface area contributed by atoms with Crippen molar-refractivity contribution >= 4 is 10.8 Å². The summed E-state index contributed by atoms with van der Waals surface area (Å²) in [6, 6.07) is 0.709. The van der Waals surface area contributed by atoms with Crippen molar-refractivity contribution in [3.05, 3.63) is 0 Å². The average Bonchev–Trinajstić information content (AvgIpc) is 2.73. The van der Waals surface area contributed by atoms with Crippen molar-refractivity contribution < 1.29 is 4.21 Å². The smallest absolute Gasteiger partial charge is 0.0360 e. The molecule has 1 aliphatic rings.